The molecule has 0 N–H and O–H groups in total. The highest BCUT2D eigenvalue weighted by molar-refractivity contribution is 5.70. The van der Waals surface area contributed by atoms with Crippen molar-refractivity contribution in [2.75, 3.05) is 0 Å². The maximum Gasteiger partial charge on any atom is 0.308 e. The van der Waals surface area contributed by atoms with E-state index in [4.69, 9.17) is 14.2 Å². The van der Waals surface area contributed by atoms with Gasteiger partial charge in [0.15, 0.2) is 5.79 Å². The Labute approximate surface area is 131 Å². The SMILES string of the molecule is CC(C)(C)OC(=O)C[C@H]1C[C@@H](Cn2cccn2)OC(C)(C)O1. The summed E-state index contributed by atoms with van der Waals surface area (Å²) in [5.74, 6) is -0.962. The van der Waals surface area contributed by atoms with Gasteiger partial charge in [-0.1, -0.05) is 0 Å². The van der Waals surface area contributed by atoms with E-state index < -0.39 is 11.4 Å². The molecule has 124 valence electrons. The van der Waals surface area contributed by atoms with Gasteiger partial charge in [0, 0.05) is 18.8 Å². The minimum absolute atomic E-state index is 0.0453. The fourth-order valence-corrected chi connectivity index (χ4v) is 2.64. The Morgan fingerprint density at radius 2 is 2.05 bits per heavy atom. The second-order valence-electron chi connectivity index (χ2n) is 7.13. The largest absolute Gasteiger partial charge is 0.460 e. The van der Waals surface area contributed by atoms with E-state index in [1.807, 2.05) is 51.6 Å². The van der Waals surface area contributed by atoms with Crippen LogP contribution in [0.3, 0.4) is 0 Å². The number of rotatable bonds is 4. The van der Waals surface area contributed by atoms with Gasteiger partial charge in [0.2, 0.25) is 0 Å². The molecule has 0 radical (unpaired) electrons. The van der Waals surface area contributed by atoms with Crippen LogP contribution in [0.25, 0.3) is 0 Å². The van der Waals surface area contributed by atoms with E-state index in [1.54, 1.807) is 6.20 Å². The number of carbonyl (C=O) groups excluding carboxylic acids is 1. The lowest BCUT2D eigenvalue weighted by Gasteiger charge is -2.40. The predicted octanol–water partition coefficient (Wildman–Crippen LogP) is 2.53. The van der Waals surface area contributed by atoms with Gasteiger partial charge >= 0.3 is 5.97 Å². The number of hydrogen-bond acceptors (Lipinski definition) is 5. The molecule has 0 bridgehead atoms. The van der Waals surface area contributed by atoms with E-state index in [1.165, 1.54) is 0 Å². The van der Waals surface area contributed by atoms with Gasteiger partial charge in [-0.2, -0.15) is 5.10 Å². The van der Waals surface area contributed by atoms with Crippen molar-refractivity contribution in [3.8, 4) is 0 Å². The number of esters is 1. The Balaban J connectivity index is 1.94. The van der Waals surface area contributed by atoms with Gasteiger partial charge in [0.05, 0.1) is 25.2 Å². The number of aromatic nitrogens is 2. The number of hydrogen-bond donors (Lipinski definition) is 0. The molecule has 1 fully saturated rings. The summed E-state index contributed by atoms with van der Waals surface area (Å²) in [6, 6.07) is 1.88. The summed E-state index contributed by atoms with van der Waals surface area (Å²) >= 11 is 0. The molecule has 1 aliphatic heterocycles. The normalized spacial score (nSPS) is 25.0. The molecule has 2 heterocycles. The van der Waals surface area contributed by atoms with Crippen LogP contribution in [0.4, 0.5) is 0 Å². The summed E-state index contributed by atoms with van der Waals surface area (Å²) in [5.41, 5.74) is -0.480. The molecule has 2 atom stereocenters. The van der Waals surface area contributed by atoms with E-state index in [9.17, 15) is 4.79 Å². The molecule has 2 rings (SSSR count). The third-order valence-corrected chi connectivity index (χ3v) is 3.19. The molecule has 6 heteroatoms. The van der Waals surface area contributed by atoms with Gasteiger partial charge in [0.1, 0.15) is 5.60 Å². The molecule has 1 aromatic rings. The predicted molar refractivity (Wildman–Crippen MR) is 81.1 cm³/mol. The van der Waals surface area contributed by atoms with E-state index in [2.05, 4.69) is 5.10 Å². The quantitative estimate of drug-likeness (QED) is 0.800. The minimum atomic E-state index is -0.719. The fraction of sp³-hybridized carbons (Fsp3) is 0.750. The van der Waals surface area contributed by atoms with Crippen LogP contribution < -0.4 is 0 Å². The van der Waals surface area contributed by atoms with Crippen molar-refractivity contribution in [2.45, 2.75) is 77.6 Å². The van der Waals surface area contributed by atoms with Gasteiger partial charge in [-0.3, -0.25) is 9.48 Å². The van der Waals surface area contributed by atoms with E-state index in [0.29, 0.717) is 13.0 Å². The first-order chi connectivity index (χ1) is 10.1. The van der Waals surface area contributed by atoms with Crippen molar-refractivity contribution < 1.29 is 19.0 Å². The van der Waals surface area contributed by atoms with Crippen molar-refractivity contribution in [1.82, 2.24) is 9.78 Å². The Morgan fingerprint density at radius 3 is 2.64 bits per heavy atom. The molecule has 0 spiro atoms. The summed E-state index contributed by atoms with van der Waals surface area (Å²) in [5, 5.41) is 4.20. The Kier molecular flexibility index (Phi) is 4.92. The molecule has 0 amide bonds. The Hall–Kier alpha value is -1.40. The molecule has 1 aliphatic rings. The van der Waals surface area contributed by atoms with E-state index in [-0.39, 0.29) is 24.6 Å². The molecule has 0 saturated carbocycles. The van der Waals surface area contributed by atoms with Crippen LogP contribution in [0.15, 0.2) is 18.5 Å². The summed E-state index contributed by atoms with van der Waals surface area (Å²) in [6.07, 6.45) is 4.26. The molecule has 0 unspecified atom stereocenters. The van der Waals surface area contributed by atoms with Gasteiger partial charge < -0.3 is 14.2 Å². The summed E-state index contributed by atoms with van der Waals surface area (Å²) in [4.78, 5) is 12.0. The number of carbonyl (C=O) groups is 1. The standard InChI is InChI=1S/C16H26N2O4/c1-15(2,3)22-14(19)10-12-9-13(21-16(4,5)20-12)11-18-8-6-7-17-18/h6-8,12-13H,9-11H2,1-5H3/t12-,13+/m1/s1. The average Bonchev–Trinajstić information content (AvgIpc) is 2.76. The summed E-state index contributed by atoms with van der Waals surface area (Å²) in [6.45, 7) is 9.96. The van der Waals surface area contributed by atoms with Crippen LogP contribution in [0.5, 0.6) is 0 Å². The first-order valence-electron chi connectivity index (χ1n) is 7.68. The maximum absolute atomic E-state index is 12.0. The molecular formula is C16H26N2O4. The summed E-state index contributed by atoms with van der Waals surface area (Å²) in [7, 11) is 0. The molecule has 6 nitrogen and oxygen atoms in total. The third kappa shape index (κ3) is 5.42. The Bertz CT molecular complexity index is 491. The van der Waals surface area contributed by atoms with E-state index in [0.717, 1.165) is 0 Å². The van der Waals surface area contributed by atoms with Gasteiger partial charge in [0.25, 0.3) is 0 Å². The highest BCUT2D eigenvalue weighted by Gasteiger charge is 2.37. The highest BCUT2D eigenvalue weighted by atomic mass is 16.7. The van der Waals surface area contributed by atoms with Crippen LogP contribution >= 0.6 is 0 Å². The molecule has 1 saturated heterocycles. The number of nitrogens with zero attached hydrogens (tertiary/aromatic N) is 2. The highest BCUT2D eigenvalue weighted by Crippen LogP contribution is 2.29. The zero-order chi connectivity index (χ0) is 16.4. The average molecular weight is 310 g/mol. The molecule has 0 aliphatic carbocycles. The minimum Gasteiger partial charge on any atom is -0.460 e. The first-order valence-corrected chi connectivity index (χ1v) is 7.68. The lowest BCUT2D eigenvalue weighted by atomic mass is 10.1. The second kappa shape index (κ2) is 6.38. The second-order valence-corrected chi connectivity index (χ2v) is 7.13. The van der Waals surface area contributed by atoms with Crippen molar-refractivity contribution in [2.24, 2.45) is 0 Å². The fourth-order valence-electron chi connectivity index (χ4n) is 2.64. The van der Waals surface area contributed by atoms with Gasteiger partial charge in [-0.25, -0.2) is 0 Å². The van der Waals surface area contributed by atoms with Gasteiger partial charge in [-0.05, 0) is 40.7 Å². The molecular weight excluding hydrogens is 284 g/mol. The van der Waals surface area contributed by atoms with Crippen molar-refractivity contribution in [1.29, 1.82) is 0 Å². The van der Waals surface area contributed by atoms with Crippen LogP contribution in [0, 0.1) is 0 Å². The van der Waals surface area contributed by atoms with Crippen molar-refractivity contribution in [3.05, 3.63) is 18.5 Å². The van der Waals surface area contributed by atoms with Crippen LogP contribution in [-0.4, -0.2) is 39.3 Å². The molecule has 1 aromatic heterocycles. The van der Waals surface area contributed by atoms with Crippen molar-refractivity contribution >= 4 is 5.97 Å². The summed E-state index contributed by atoms with van der Waals surface area (Å²) < 4.78 is 19.0. The third-order valence-electron chi connectivity index (χ3n) is 3.19. The smallest absolute Gasteiger partial charge is 0.308 e. The monoisotopic (exact) mass is 310 g/mol. The maximum atomic E-state index is 12.0. The lowest BCUT2D eigenvalue weighted by Crippen LogP contribution is -2.47. The van der Waals surface area contributed by atoms with Crippen LogP contribution in [0.2, 0.25) is 0 Å². The Morgan fingerprint density at radius 1 is 1.36 bits per heavy atom. The van der Waals surface area contributed by atoms with Crippen LogP contribution in [0.1, 0.15) is 47.5 Å². The van der Waals surface area contributed by atoms with E-state index >= 15 is 0 Å². The molecule has 22 heavy (non-hydrogen) atoms. The van der Waals surface area contributed by atoms with Crippen molar-refractivity contribution in [3.63, 3.8) is 0 Å². The number of ether oxygens (including phenoxy) is 3. The van der Waals surface area contributed by atoms with Gasteiger partial charge in [-0.15, -0.1) is 0 Å². The molecule has 0 aromatic carbocycles. The zero-order valence-corrected chi connectivity index (χ0v) is 14.0. The lowest BCUT2D eigenvalue weighted by molar-refractivity contribution is -0.302. The zero-order valence-electron chi connectivity index (χ0n) is 14.0. The topological polar surface area (TPSA) is 62.6 Å². The van der Waals surface area contributed by atoms with Crippen LogP contribution in [-0.2, 0) is 25.5 Å². The first kappa shape index (κ1) is 17.0.